The molecule has 2 N–H and O–H groups in total. The van der Waals surface area contributed by atoms with Crippen LogP contribution in [0.4, 0.5) is 4.79 Å². The van der Waals surface area contributed by atoms with Crippen molar-refractivity contribution in [2.75, 3.05) is 0 Å². The van der Waals surface area contributed by atoms with Crippen LogP contribution in [0.25, 0.3) is 0 Å². The summed E-state index contributed by atoms with van der Waals surface area (Å²) in [6, 6.07) is 11.6. The molecule has 0 saturated carbocycles. The predicted octanol–water partition coefficient (Wildman–Crippen LogP) is 2.16. The highest BCUT2D eigenvalue weighted by atomic mass is 16.2. The number of nitrogens with zero attached hydrogens (tertiary/aromatic N) is 2. The Kier molecular flexibility index (Phi) is 5.80. The highest BCUT2D eigenvalue weighted by Crippen LogP contribution is 2.25. The molecule has 1 aromatic carbocycles. The highest BCUT2D eigenvalue weighted by Gasteiger charge is 2.40. The molecule has 140 valence electrons. The quantitative estimate of drug-likeness (QED) is 0.735. The molecule has 0 aliphatic carbocycles. The van der Waals surface area contributed by atoms with Gasteiger partial charge >= 0.3 is 6.03 Å². The Labute approximate surface area is 157 Å². The van der Waals surface area contributed by atoms with Crippen LogP contribution in [0.1, 0.15) is 36.9 Å². The summed E-state index contributed by atoms with van der Waals surface area (Å²) in [6.45, 7) is 2.22. The van der Waals surface area contributed by atoms with Gasteiger partial charge in [-0.05, 0) is 36.6 Å². The summed E-state index contributed by atoms with van der Waals surface area (Å²) in [5, 5.41) is 5.49. The molecule has 4 amide bonds. The average Bonchev–Trinajstić information content (AvgIpc) is 2.99. The summed E-state index contributed by atoms with van der Waals surface area (Å²) in [7, 11) is 0. The van der Waals surface area contributed by atoms with Gasteiger partial charge in [-0.2, -0.15) is 0 Å². The Balaban J connectivity index is 1.52. The first kappa shape index (κ1) is 18.6. The number of benzene rings is 1. The largest absolute Gasteiger partial charge is 0.352 e. The van der Waals surface area contributed by atoms with E-state index in [1.165, 1.54) is 4.90 Å². The summed E-state index contributed by atoms with van der Waals surface area (Å²) in [4.78, 5) is 42.1. The van der Waals surface area contributed by atoms with Crippen LogP contribution in [0, 0.1) is 0 Å². The first-order valence-electron chi connectivity index (χ1n) is 8.90. The molecule has 1 saturated heterocycles. The number of hydrogen-bond acceptors (Lipinski definition) is 4. The normalized spacial score (nSPS) is 17.5. The molecule has 0 spiro atoms. The van der Waals surface area contributed by atoms with Crippen molar-refractivity contribution in [3.8, 4) is 0 Å². The van der Waals surface area contributed by atoms with Gasteiger partial charge in [-0.3, -0.25) is 19.5 Å². The van der Waals surface area contributed by atoms with E-state index in [-0.39, 0.29) is 30.7 Å². The van der Waals surface area contributed by atoms with Crippen LogP contribution in [0.5, 0.6) is 0 Å². The maximum Gasteiger partial charge on any atom is 0.325 e. The van der Waals surface area contributed by atoms with Crippen molar-refractivity contribution in [3.05, 3.63) is 66.0 Å². The zero-order valence-corrected chi connectivity index (χ0v) is 15.1. The molecule has 1 aliphatic rings. The van der Waals surface area contributed by atoms with Crippen LogP contribution in [-0.4, -0.2) is 33.8 Å². The third-order valence-electron chi connectivity index (χ3n) is 4.62. The SMILES string of the molecule is C[C@H](c1ccccc1)N1C(=O)N[C@H](CCC(=O)NCc2ccncc2)C1=O. The number of hydrogen-bond donors (Lipinski definition) is 2. The maximum atomic E-state index is 12.6. The number of amides is 4. The Morgan fingerprint density at radius 1 is 1.19 bits per heavy atom. The van der Waals surface area contributed by atoms with Crippen LogP contribution in [0.2, 0.25) is 0 Å². The summed E-state index contributed by atoms with van der Waals surface area (Å²) in [5.41, 5.74) is 1.84. The van der Waals surface area contributed by atoms with Gasteiger partial charge in [0.1, 0.15) is 6.04 Å². The van der Waals surface area contributed by atoms with Crippen LogP contribution >= 0.6 is 0 Å². The van der Waals surface area contributed by atoms with E-state index in [1.807, 2.05) is 49.4 Å². The van der Waals surface area contributed by atoms with E-state index in [1.54, 1.807) is 12.4 Å². The monoisotopic (exact) mass is 366 g/mol. The molecule has 2 aromatic rings. The Morgan fingerprint density at radius 2 is 1.89 bits per heavy atom. The molecular formula is C20H22N4O3. The minimum Gasteiger partial charge on any atom is -0.352 e. The Morgan fingerprint density at radius 3 is 2.59 bits per heavy atom. The molecule has 7 heteroatoms. The summed E-state index contributed by atoms with van der Waals surface area (Å²) < 4.78 is 0. The van der Waals surface area contributed by atoms with Crippen LogP contribution < -0.4 is 10.6 Å². The van der Waals surface area contributed by atoms with Crippen molar-refractivity contribution in [2.45, 2.75) is 38.4 Å². The van der Waals surface area contributed by atoms with Gasteiger partial charge in [-0.15, -0.1) is 0 Å². The van der Waals surface area contributed by atoms with E-state index in [4.69, 9.17) is 0 Å². The van der Waals surface area contributed by atoms with E-state index in [9.17, 15) is 14.4 Å². The van der Waals surface area contributed by atoms with Crippen LogP contribution in [0.15, 0.2) is 54.9 Å². The summed E-state index contributed by atoms with van der Waals surface area (Å²) in [6.07, 6.45) is 3.76. The zero-order valence-electron chi connectivity index (χ0n) is 15.1. The van der Waals surface area contributed by atoms with Gasteiger partial charge in [0.2, 0.25) is 5.91 Å². The molecule has 0 bridgehead atoms. The van der Waals surface area contributed by atoms with Crippen molar-refractivity contribution < 1.29 is 14.4 Å². The van der Waals surface area contributed by atoms with Crippen molar-refractivity contribution in [2.24, 2.45) is 0 Å². The standard InChI is InChI=1S/C20H22N4O3/c1-14(16-5-3-2-4-6-16)24-19(26)17(23-20(24)27)7-8-18(25)22-13-15-9-11-21-12-10-15/h2-6,9-12,14,17H,7-8,13H2,1H3,(H,22,25)(H,23,27)/t14-,17-/m1/s1. The predicted molar refractivity (Wildman–Crippen MR) is 99.3 cm³/mol. The van der Waals surface area contributed by atoms with E-state index < -0.39 is 12.1 Å². The summed E-state index contributed by atoms with van der Waals surface area (Å²) >= 11 is 0. The van der Waals surface area contributed by atoms with Crippen molar-refractivity contribution in [1.29, 1.82) is 0 Å². The Bertz CT molecular complexity index is 810. The number of aromatic nitrogens is 1. The molecular weight excluding hydrogens is 344 g/mol. The van der Waals surface area contributed by atoms with Gasteiger partial charge in [0, 0.05) is 25.4 Å². The third kappa shape index (κ3) is 4.49. The summed E-state index contributed by atoms with van der Waals surface area (Å²) in [5.74, 6) is -0.457. The number of imide groups is 1. The van der Waals surface area contributed by atoms with E-state index in [0.717, 1.165) is 11.1 Å². The fourth-order valence-electron chi connectivity index (χ4n) is 3.06. The molecule has 0 unspecified atom stereocenters. The lowest BCUT2D eigenvalue weighted by Gasteiger charge is -2.21. The number of carbonyl (C=O) groups is 3. The fraction of sp³-hybridized carbons (Fsp3) is 0.300. The minimum absolute atomic E-state index is 0.162. The lowest BCUT2D eigenvalue weighted by atomic mass is 10.1. The lowest BCUT2D eigenvalue weighted by molar-refractivity contribution is -0.129. The fourth-order valence-corrected chi connectivity index (χ4v) is 3.06. The molecule has 2 atom stereocenters. The second kappa shape index (κ2) is 8.44. The number of carbonyl (C=O) groups excluding carboxylic acids is 3. The lowest BCUT2D eigenvalue weighted by Crippen LogP contribution is -2.34. The number of pyridine rings is 1. The number of nitrogens with one attached hydrogen (secondary N) is 2. The van der Waals surface area contributed by atoms with Gasteiger partial charge < -0.3 is 10.6 Å². The first-order valence-corrected chi connectivity index (χ1v) is 8.90. The molecule has 27 heavy (non-hydrogen) atoms. The van der Waals surface area contributed by atoms with E-state index in [2.05, 4.69) is 15.6 Å². The van der Waals surface area contributed by atoms with Crippen LogP contribution in [-0.2, 0) is 16.1 Å². The molecule has 2 heterocycles. The molecule has 1 aliphatic heterocycles. The van der Waals surface area contributed by atoms with Gasteiger partial charge in [-0.1, -0.05) is 30.3 Å². The number of rotatable bonds is 7. The van der Waals surface area contributed by atoms with Crippen molar-refractivity contribution in [1.82, 2.24) is 20.5 Å². The molecule has 7 nitrogen and oxygen atoms in total. The smallest absolute Gasteiger partial charge is 0.325 e. The van der Waals surface area contributed by atoms with E-state index in [0.29, 0.717) is 6.54 Å². The maximum absolute atomic E-state index is 12.6. The third-order valence-corrected chi connectivity index (χ3v) is 4.62. The van der Waals surface area contributed by atoms with Gasteiger partial charge in [-0.25, -0.2) is 4.79 Å². The molecule has 3 rings (SSSR count). The second-order valence-electron chi connectivity index (χ2n) is 6.47. The minimum atomic E-state index is -0.671. The van der Waals surface area contributed by atoms with Gasteiger partial charge in [0.15, 0.2) is 0 Å². The average molecular weight is 366 g/mol. The van der Waals surface area contributed by atoms with Gasteiger partial charge in [0.25, 0.3) is 5.91 Å². The van der Waals surface area contributed by atoms with Crippen molar-refractivity contribution in [3.63, 3.8) is 0 Å². The molecule has 1 fully saturated rings. The topological polar surface area (TPSA) is 91.4 Å². The molecule has 1 aromatic heterocycles. The Hall–Kier alpha value is -3.22. The first-order chi connectivity index (χ1) is 13.1. The van der Waals surface area contributed by atoms with Gasteiger partial charge in [0.05, 0.1) is 6.04 Å². The van der Waals surface area contributed by atoms with E-state index >= 15 is 0 Å². The molecule has 0 radical (unpaired) electrons. The zero-order chi connectivity index (χ0) is 19.2. The highest BCUT2D eigenvalue weighted by molar-refractivity contribution is 6.04. The number of urea groups is 1. The van der Waals surface area contributed by atoms with Crippen molar-refractivity contribution >= 4 is 17.8 Å². The van der Waals surface area contributed by atoms with Crippen LogP contribution in [0.3, 0.4) is 0 Å². The second-order valence-corrected chi connectivity index (χ2v) is 6.47.